The van der Waals surface area contributed by atoms with Crippen LogP contribution in [0.5, 0.6) is 0 Å². The number of halogens is 1. The van der Waals surface area contributed by atoms with Gasteiger partial charge in [-0.15, -0.1) is 0 Å². The van der Waals surface area contributed by atoms with Gasteiger partial charge in [0.1, 0.15) is 0 Å². The molecular weight excluding hydrogens is 422 g/mol. The third kappa shape index (κ3) is 4.39. The molecule has 144 valence electrons. The Labute approximate surface area is 162 Å². The molecule has 1 atom stereocenters. The van der Waals surface area contributed by atoms with E-state index in [2.05, 4.69) is 21.2 Å². The van der Waals surface area contributed by atoms with Crippen molar-refractivity contribution in [2.24, 2.45) is 0 Å². The van der Waals surface area contributed by atoms with Gasteiger partial charge in [0.05, 0.1) is 11.0 Å². The Bertz CT molecular complexity index is 757. The highest BCUT2D eigenvalue weighted by Crippen LogP contribution is 2.23. The Morgan fingerprint density at radius 3 is 2.65 bits per heavy atom. The molecule has 3 rings (SSSR count). The molecule has 2 heterocycles. The Balaban J connectivity index is 1.55. The summed E-state index contributed by atoms with van der Waals surface area (Å²) in [6, 6.07) is 4.86. The lowest BCUT2D eigenvalue weighted by Crippen LogP contribution is -2.53. The molecule has 1 aromatic carbocycles. The number of nitrogens with one attached hydrogen (secondary N) is 1. The molecule has 0 saturated carbocycles. The minimum absolute atomic E-state index is 0.0984. The summed E-state index contributed by atoms with van der Waals surface area (Å²) in [6.45, 7) is 4.48. The van der Waals surface area contributed by atoms with Gasteiger partial charge >= 0.3 is 6.03 Å². The number of urea groups is 1. The Morgan fingerprint density at radius 2 is 2.04 bits per heavy atom. The van der Waals surface area contributed by atoms with Crippen LogP contribution in [-0.4, -0.2) is 69.1 Å². The van der Waals surface area contributed by atoms with E-state index in [-0.39, 0.29) is 17.0 Å². The highest BCUT2D eigenvalue weighted by Gasteiger charge is 2.30. The number of nitrogens with zero attached hydrogens (tertiary/aromatic N) is 2. The van der Waals surface area contributed by atoms with Crippen LogP contribution < -0.4 is 5.32 Å². The Kier molecular flexibility index (Phi) is 6.21. The summed E-state index contributed by atoms with van der Waals surface area (Å²) in [7, 11) is -3.54. The number of ether oxygens (including phenoxy) is 1. The van der Waals surface area contributed by atoms with E-state index in [4.69, 9.17) is 4.74 Å². The average molecular weight is 446 g/mol. The van der Waals surface area contributed by atoms with Crippen LogP contribution in [-0.2, 0) is 14.8 Å². The standard InChI is InChI=1S/C17H24BrN3O4S/c1-13-11-15(4-5-16(13)18)26(23,24)21-8-6-20(7-9-21)17(22)19-12-14-3-2-10-25-14/h4-5,11,14H,2-3,6-10,12H2,1H3,(H,19,22)/t14-/m1/s1. The van der Waals surface area contributed by atoms with Crippen molar-refractivity contribution in [2.75, 3.05) is 39.3 Å². The fourth-order valence-corrected chi connectivity index (χ4v) is 4.93. The minimum Gasteiger partial charge on any atom is -0.376 e. The smallest absolute Gasteiger partial charge is 0.317 e. The van der Waals surface area contributed by atoms with Crippen molar-refractivity contribution < 1.29 is 17.9 Å². The molecule has 2 amide bonds. The van der Waals surface area contributed by atoms with Crippen molar-refractivity contribution in [3.63, 3.8) is 0 Å². The predicted octanol–water partition coefficient (Wildman–Crippen LogP) is 1.95. The van der Waals surface area contributed by atoms with Gasteiger partial charge in [-0.05, 0) is 43.5 Å². The zero-order valence-electron chi connectivity index (χ0n) is 14.8. The number of benzene rings is 1. The van der Waals surface area contributed by atoms with Crippen LogP contribution in [0.25, 0.3) is 0 Å². The summed E-state index contributed by atoms with van der Waals surface area (Å²) in [5.41, 5.74) is 0.873. The molecule has 1 N–H and O–H groups in total. The quantitative estimate of drug-likeness (QED) is 0.767. The number of carbonyl (C=O) groups is 1. The molecular formula is C17H24BrN3O4S. The molecule has 2 saturated heterocycles. The SMILES string of the molecule is Cc1cc(S(=O)(=O)N2CCN(C(=O)NC[C@H]3CCCO3)CC2)ccc1Br. The third-order valence-corrected chi connectivity index (χ3v) is 7.58. The van der Waals surface area contributed by atoms with E-state index in [9.17, 15) is 13.2 Å². The van der Waals surface area contributed by atoms with Crippen LogP contribution in [0.3, 0.4) is 0 Å². The van der Waals surface area contributed by atoms with Crippen molar-refractivity contribution in [2.45, 2.75) is 30.8 Å². The van der Waals surface area contributed by atoms with E-state index >= 15 is 0 Å². The number of hydrogen-bond acceptors (Lipinski definition) is 4. The van der Waals surface area contributed by atoms with Gasteiger partial charge < -0.3 is 15.0 Å². The van der Waals surface area contributed by atoms with Gasteiger partial charge in [-0.2, -0.15) is 4.31 Å². The predicted molar refractivity (Wildman–Crippen MR) is 102 cm³/mol. The van der Waals surface area contributed by atoms with Crippen LogP contribution in [0.15, 0.2) is 27.6 Å². The molecule has 0 unspecified atom stereocenters. The maximum absolute atomic E-state index is 12.8. The molecule has 9 heteroatoms. The van der Waals surface area contributed by atoms with Crippen LogP contribution in [0.2, 0.25) is 0 Å². The molecule has 1 aromatic rings. The summed E-state index contributed by atoms with van der Waals surface area (Å²) < 4.78 is 33.4. The number of piperazine rings is 1. The second-order valence-electron chi connectivity index (χ2n) is 6.62. The number of carbonyl (C=O) groups excluding carboxylic acids is 1. The molecule has 2 fully saturated rings. The molecule has 0 aromatic heterocycles. The van der Waals surface area contributed by atoms with Gasteiger partial charge in [0, 0.05) is 43.8 Å². The summed E-state index contributed by atoms with van der Waals surface area (Å²) in [4.78, 5) is 14.2. The molecule has 26 heavy (non-hydrogen) atoms. The molecule has 0 radical (unpaired) electrons. The van der Waals surface area contributed by atoms with Crippen molar-refractivity contribution >= 4 is 32.0 Å². The number of sulfonamides is 1. The Hall–Kier alpha value is -1.16. The number of hydrogen-bond donors (Lipinski definition) is 1. The number of rotatable bonds is 4. The number of aryl methyl sites for hydroxylation is 1. The van der Waals surface area contributed by atoms with E-state index in [0.29, 0.717) is 32.7 Å². The zero-order valence-corrected chi connectivity index (χ0v) is 17.2. The van der Waals surface area contributed by atoms with E-state index in [1.54, 1.807) is 23.1 Å². The minimum atomic E-state index is -3.54. The lowest BCUT2D eigenvalue weighted by atomic mass is 10.2. The largest absolute Gasteiger partial charge is 0.376 e. The van der Waals surface area contributed by atoms with Gasteiger partial charge in [-0.25, -0.2) is 13.2 Å². The third-order valence-electron chi connectivity index (χ3n) is 4.80. The van der Waals surface area contributed by atoms with Gasteiger partial charge in [-0.1, -0.05) is 15.9 Å². The molecule has 2 aliphatic rings. The van der Waals surface area contributed by atoms with Gasteiger partial charge in [-0.3, -0.25) is 0 Å². The van der Waals surface area contributed by atoms with E-state index in [1.807, 2.05) is 6.92 Å². The van der Waals surface area contributed by atoms with Gasteiger partial charge in [0.2, 0.25) is 10.0 Å². The molecule has 2 aliphatic heterocycles. The molecule has 7 nitrogen and oxygen atoms in total. The van der Waals surface area contributed by atoms with Crippen molar-refractivity contribution in [1.29, 1.82) is 0 Å². The summed E-state index contributed by atoms with van der Waals surface area (Å²) >= 11 is 3.39. The maximum atomic E-state index is 12.8. The maximum Gasteiger partial charge on any atom is 0.317 e. The highest BCUT2D eigenvalue weighted by molar-refractivity contribution is 9.10. The second kappa shape index (κ2) is 8.24. The van der Waals surface area contributed by atoms with Crippen LogP contribution in [0.4, 0.5) is 4.79 Å². The van der Waals surface area contributed by atoms with Crippen LogP contribution >= 0.6 is 15.9 Å². The first-order valence-electron chi connectivity index (χ1n) is 8.78. The van der Waals surface area contributed by atoms with Crippen LogP contribution in [0.1, 0.15) is 18.4 Å². The fourth-order valence-electron chi connectivity index (χ4n) is 3.18. The van der Waals surface area contributed by atoms with E-state index in [1.165, 1.54) is 4.31 Å². The first-order chi connectivity index (χ1) is 12.4. The molecule has 0 aliphatic carbocycles. The number of amides is 2. The Morgan fingerprint density at radius 1 is 1.31 bits per heavy atom. The molecule has 0 bridgehead atoms. The highest BCUT2D eigenvalue weighted by atomic mass is 79.9. The normalized spacial score (nSPS) is 21.8. The summed E-state index contributed by atoms with van der Waals surface area (Å²) in [5, 5.41) is 2.88. The molecule has 0 spiro atoms. The van der Waals surface area contributed by atoms with Crippen molar-refractivity contribution in [3.05, 3.63) is 28.2 Å². The lowest BCUT2D eigenvalue weighted by molar-refractivity contribution is 0.107. The first kappa shape index (κ1) is 19.6. The average Bonchev–Trinajstić information content (AvgIpc) is 3.15. The topological polar surface area (TPSA) is 79.0 Å². The fraction of sp³-hybridized carbons (Fsp3) is 0.588. The summed E-state index contributed by atoms with van der Waals surface area (Å²) in [6.07, 6.45) is 2.10. The van der Waals surface area contributed by atoms with Crippen LogP contribution in [0, 0.1) is 6.92 Å². The lowest BCUT2D eigenvalue weighted by Gasteiger charge is -2.34. The van der Waals surface area contributed by atoms with E-state index in [0.717, 1.165) is 29.5 Å². The van der Waals surface area contributed by atoms with E-state index < -0.39 is 10.0 Å². The van der Waals surface area contributed by atoms with Gasteiger partial charge in [0.25, 0.3) is 0 Å². The second-order valence-corrected chi connectivity index (χ2v) is 9.42. The van der Waals surface area contributed by atoms with Crippen molar-refractivity contribution in [1.82, 2.24) is 14.5 Å². The van der Waals surface area contributed by atoms with Crippen molar-refractivity contribution in [3.8, 4) is 0 Å². The first-order valence-corrected chi connectivity index (χ1v) is 11.0. The van der Waals surface area contributed by atoms with Gasteiger partial charge in [0.15, 0.2) is 0 Å². The monoisotopic (exact) mass is 445 g/mol. The summed E-state index contributed by atoms with van der Waals surface area (Å²) in [5.74, 6) is 0. The zero-order chi connectivity index (χ0) is 18.7.